The maximum atomic E-state index is 12.2. The first-order valence-electron chi connectivity index (χ1n) is 6.25. The molecule has 18 heavy (non-hydrogen) atoms. The molecule has 0 radical (unpaired) electrons. The minimum absolute atomic E-state index is 0.0673. The molecule has 0 saturated heterocycles. The van der Waals surface area contributed by atoms with E-state index in [4.69, 9.17) is 9.05 Å². The highest BCUT2D eigenvalue weighted by atomic mass is 31.2. The number of hydrogen-bond donors (Lipinski definition) is 0. The molecule has 0 aromatic heterocycles. The Morgan fingerprint density at radius 3 is 2.44 bits per heavy atom. The molecular weight excluding hydrogens is 251 g/mol. The molecule has 0 saturated carbocycles. The van der Waals surface area contributed by atoms with Crippen molar-refractivity contribution in [2.45, 2.75) is 39.5 Å². The van der Waals surface area contributed by atoms with Crippen molar-refractivity contribution in [3.63, 3.8) is 0 Å². The van der Waals surface area contributed by atoms with Gasteiger partial charge in [-0.25, -0.2) is 0 Å². The summed E-state index contributed by atoms with van der Waals surface area (Å²) in [5.74, 6) is -0.0673. The van der Waals surface area contributed by atoms with Gasteiger partial charge in [-0.3, -0.25) is 9.36 Å². The zero-order chi connectivity index (χ0) is 13.8. The van der Waals surface area contributed by atoms with E-state index in [1.54, 1.807) is 0 Å². The first-order chi connectivity index (χ1) is 8.33. The first kappa shape index (κ1) is 15.6. The maximum Gasteiger partial charge on any atom is 0.337 e. The predicted molar refractivity (Wildman–Crippen MR) is 71.8 cm³/mol. The van der Waals surface area contributed by atoms with E-state index in [2.05, 4.69) is 6.08 Å². The van der Waals surface area contributed by atoms with Crippen molar-refractivity contribution in [1.29, 1.82) is 0 Å². The molecule has 0 bridgehead atoms. The Kier molecular flexibility index (Phi) is 5.32. The summed E-state index contributed by atoms with van der Waals surface area (Å²) in [6.07, 6.45) is 6.15. The van der Waals surface area contributed by atoms with E-state index in [0.717, 1.165) is 19.3 Å². The van der Waals surface area contributed by atoms with Crippen LogP contribution in [-0.4, -0.2) is 26.2 Å². The Morgan fingerprint density at radius 1 is 1.39 bits per heavy atom. The van der Waals surface area contributed by atoms with Crippen LogP contribution < -0.4 is 0 Å². The van der Waals surface area contributed by atoms with Crippen molar-refractivity contribution in [3.05, 3.63) is 11.6 Å². The molecule has 0 heterocycles. The van der Waals surface area contributed by atoms with Gasteiger partial charge in [0.2, 0.25) is 0 Å². The summed E-state index contributed by atoms with van der Waals surface area (Å²) in [6, 6.07) is 0. The summed E-state index contributed by atoms with van der Waals surface area (Å²) in [6.45, 7) is 3.79. The molecule has 0 amide bonds. The van der Waals surface area contributed by atoms with Gasteiger partial charge in [-0.05, 0) is 25.7 Å². The second-order valence-electron chi connectivity index (χ2n) is 5.37. The molecule has 0 atom stereocenters. The molecule has 5 heteroatoms. The van der Waals surface area contributed by atoms with Crippen molar-refractivity contribution in [2.24, 2.45) is 5.41 Å². The largest absolute Gasteiger partial charge is 0.337 e. The molecule has 1 rings (SSSR count). The number of allylic oxidation sites excluding steroid dienone is 2. The molecule has 0 unspecified atom stereocenters. The van der Waals surface area contributed by atoms with Crippen LogP contribution in [-0.2, 0) is 18.4 Å². The molecule has 1 aliphatic rings. The van der Waals surface area contributed by atoms with Gasteiger partial charge in [0, 0.05) is 19.6 Å². The standard InChI is InChI=1S/C13H23O4P/c1-13(2,9-11-7-5-6-8-11)12(14)10-18(15,16-3)17-4/h7H,5-6,8-10H2,1-4H3. The third kappa shape index (κ3) is 4.04. The van der Waals surface area contributed by atoms with Crippen LogP contribution in [0.3, 0.4) is 0 Å². The van der Waals surface area contributed by atoms with Gasteiger partial charge in [0.25, 0.3) is 0 Å². The van der Waals surface area contributed by atoms with Gasteiger partial charge in [-0.2, -0.15) is 0 Å². The number of ketones is 1. The van der Waals surface area contributed by atoms with E-state index in [-0.39, 0.29) is 11.9 Å². The summed E-state index contributed by atoms with van der Waals surface area (Å²) < 4.78 is 21.6. The Bertz CT molecular complexity index is 376. The fraction of sp³-hybridized carbons (Fsp3) is 0.769. The van der Waals surface area contributed by atoms with Crippen LogP contribution in [0.2, 0.25) is 0 Å². The summed E-state index contributed by atoms with van der Waals surface area (Å²) in [4.78, 5) is 12.2. The highest BCUT2D eigenvalue weighted by Gasteiger charge is 2.35. The van der Waals surface area contributed by atoms with Gasteiger partial charge < -0.3 is 9.05 Å². The third-order valence-electron chi connectivity index (χ3n) is 3.45. The SMILES string of the molecule is COP(=O)(CC(=O)C(C)(C)CC1=CCCC1)OC. The lowest BCUT2D eigenvalue weighted by molar-refractivity contribution is -0.124. The van der Waals surface area contributed by atoms with Crippen LogP contribution in [0.25, 0.3) is 0 Å². The van der Waals surface area contributed by atoms with E-state index >= 15 is 0 Å². The Labute approximate surface area is 109 Å². The van der Waals surface area contributed by atoms with E-state index in [9.17, 15) is 9.36 Å². The lowest BCUT2D eigenvalue weighted by atomic mass is 9.82. The lowest BCUT2D eigenvalue weighted by Gasteiger charge is -2.25. The third-order valence-corrected chi connectivity index (χ3v) is 5.24. The lowest BCUT2D eigenvalue weighted by Crippen LogP contribution is -2.28. The van der Waals surface area contributed by atoms with Crippen LogP contribution in [0.1, 0.15) is 39.5 Å². The summed E-state index contributed by atoms with van der Waals surface area (Å²) >= 11 is 0. The molecule has 104 valence electrons. The average Bonchev–Trinajstić information content (AvgIpc) is 2.80. The number of Topliss-reactive ketones (excluding diaryl/α,β-unsaturated/α-hetero) is 1. The summed E-state index contributed by atoms with van der Waals surface area (Å²) in [7, 11) is -0.628. The normalized spacial score (nSPS) is 16.8. The zero-order valence-electron chi connectivity index (χ0n) is 11.7. The van der Waals surface area contributed by atoms with Crippen molar-refractivity contribution in [3.8, 4) is 0 Å². The van der Waals surface area contributed by atoms with Crippen molar-refractivity contribution >= 4 is 13.4 Å². The van der Waals surface area contributed by atoms with Gasteiger partial charge >= 0.3 is 7.60 Å². The highest BCUT2D eigenvalue weighted by molar-refractivity contribution is 7.54. The van der Waals surface area contributed by atoms with Crippen molar-refractivity contribution in [1.82, 2.24) is 0 Å². The number of carbonyl (C=O) groups excluding carboxylic acids is 1. The quantitative estimate of drug-likeness (QED) is 0.526. The second-order valence-corrected chi connectivity index (χ2v) is 7.64. The van der Waals surface area contributed by atoms with Gasteiger partial charge in [0.1, 0.15) is 6.16 Å². The zero-order valence-corrected chi connectivity index (χ0v) is 12.6. The minimum atomic E-state index is -3.25. The number of carbonyl (C=O) groups is 1. The molecule has 4 nitrogen and oxygen atoms in total. The van der Waals surface area contributed by atoms with Gasteiger partial charge in [0.15, 0.2) is 5.78 Å². The fourth-order valence-corrected chi connectivity index (χ4v) is 3.34. The summed E-state index contributed by atoms with van der Waals surface area (Å²) in [5.41, 5.74) is 0.820. The molecule has 0 fully saturated rings. The molecule has 0 spiro atoms. The highest BCUT2D eigenvalue weighted by Crippen LogP contribution is 2.48. The van der Waals surface area contributed by atoms with Crippen LogP contribution in [0.15, 0.2) is 11.6 Å². The molecule has 1 aliphatic carbocycles. The van der Waals surface area contributed by atoms with E-state index in [1.165, 1.54) is 26.2 Å². The topological polar surface area (TPSA) is 52.6 Å². The second kappa shape index (κ2) is 6.14. The smallest absolute Gasteiger partial charge is 0.312 e. The number of hydrogen-bond acceptors (Lipinski definition) is 4. The molecule has 0 aromatic rings. The molecule has 0 aliphatic heterocycles. The monoisotopic (exact) mass is 274 g/mol. The van der Waals surface area contributed by atoms with Crippen LogP contribution in [0, 0.1) is 5.41 Å². The first-order valence-corrected chi connectivity index (χ1v) is 7.97. The van der Waals surface area contributed by atoms with Crippen LogP contribution >= 0.6 is 7.60 Å². The van der Waals surface area contributed by atoms with Gasteiger partial charge in [-0.1, -0.05) is 25.5 Å². The van der Waals surface area contributed by atoms with E-state index in [1.807, 2.05) is 13.8 Å². The van der Waals surface area contributed by atoms with Gasteiger partial charge in [-0.15, -0.1) is 0 Å². The van der Waals surface area contributed by atoms with Crippen molar-refractivity contribution in [2.75, 3.05) is 20.4 Å². The number of rotatable bonds is 7. The minimum Gasteiger partial charge on any atom is -0.312 e. The van der Waals surface area contributed by atoms with E-state index < -0.39 is 13.0 Å². The van der Waals surface area contributed by atoms with Crippen molar-refractivity contribution < 1.29 is 18.4 Å². The van der Waals surface area contributed by atoms with Crippen LogP contribution in [0.4, 0.5) is 0 Å². The predicted octanol–water partition coefficient (Wildman–Crippen LogP) is 3.57. The average molecular weight is 274 g/mol. The summed E-state index contributed by atoms with van der Waals surface area (Å²) in [5, 5.41) is 0. The Morgan fingerprint density at radius 2 is 2.00 bits per heavy atom. The van der Waals surface area contributed by atoms with Gasteiger partial charge in [0.05, 0.1) is 0 Å². The fourth-order valence-electron chi connectivity index (χ4n) is 2.16. The molecule has 0 aromatic carbocycles. The molecule has 0 N–H and O–H groups in total. The maximum absolute atomic E-state index is 12.2. The molecular formula is C13H23O4P. The van der Waals surface area contributed by atoms with E-state index in [0.29, 0.717) is 0 Å². The Balaban J connectivity index is 2.66. The Hall–Kier alpha value is -0.440. The van der Waals surface area contributed by atoms with Crippen LogP contribution in [0.5, 0.6) is 0 Å².